The van der Waals surface area contributed by atoms with Crippen LogP contribution < -0.4 is 4.90 Å². The fourth-order valence-corrected chi connectivity index (χ4v) is 2.24. The molecule has 9 heteroatoms. The summed E-state index contributed by atoms with van der Waals surface area (Å²) < 4.78 is 19.2. The summed E-state index contributed by atoms with van der Waals surface area (Å²) >= 11 is 0. The summed E-state index contributed by atoms with van der Waals surface area (Å²) in [6.45, 7) is 5.16. The minimum absolute atomic E-state index is 0.0468. The van der Waals surface area contributed by atoms with Gasteiger partial charge in [-0.05, 0) is 26.8 Å². The maximum atomic E-state index is 14.0. The molecule has 24 heavy (non-hydrogen) atoms. The van der Waals surface area contributed by atoms with Crippen molar-refractivity contribution in [3.05, 3.63) is 34.1 Å². The molecule has 0 radical (unpaired) electrons. The lowest BCUT2D eigenvalue weighted by atomic mass is 10.2. The number of nitrogens with zero attached hydrogens (tertiary/aromatic N) is 3. The third kappa shape index (κ3) is 3.98. The number of nitro groups is 1. The Bertz CT molecular complexity index is 686. The molecule has 0 unspecified atom stereocenters. The summed E-state index contributed by atoms with van der Waals surface area (Å²) in [6.07, 6.45) is -0.611. The van der Waals surface area contributed by atoms with Crippen molar-refractivity contribution in [1.29, 1.82) is 0 Å². The summed E-state index contributed by atoms with van der Waals surface area (Å²) in [6, 6.07) is 3.09. The first-order valence-corrected chi connectivity index (χ1v) is 7.31. The zero-order chi connectivity index (χ0) is 18.1. The molecule has 1 aromatic rings. The second-order valence-electron chi connectivity index (χ2n) is 6.34. The maximum Gasteiger partial charge on any atom is 0.410 e. The predicted molar refractivity (Wildman–Crippen MR) is 83.2 cm³/mol. The van der Waals surface area contributed by atoms with Crippen molar-refractivity contribution in [3.8, 4) is 0 Å². The second-order valence-corrected chi connectivity index (χ2v) is 6.34. The Morgan fingerprint density at radius 2 is 2.00 bits per heavy atom. The highest BCUT2D eigenvalue weighted by atomic mass is 19.1. The van der Waals surface area contributed by atoms with E-state index in [1.807, 2.05) is 0 Å². The predicted octanol–water partition coefficient (Wildman–Crippen LogP) is 2.32. The van der Waals surface area contributed by atoms with Crippen LogP contribution in [-0.2, 0) is 9.53 Å². The van der Waals surface area contributed by atoms with E-state index in [1.54, 1.807) is 20.8 Å². The number of halogens is 1. The Morgan fingerprint density at radius 1 is 1.33 bits per heavy atom. The number of amides is 2. The molecule has 0 N–H and O–H groups in total. The Morgan fingerprint density at radius 3 is 2.50 bits per heavy atom. The van der Waals surface area contributed by atoms with E-state index in [4.69, 9.17) is 4.74 Å². The number of non-ortho nitro benzene ring substituents is 1. The van der Waals surface area contributed by atoms with Gasteiger partial charge >= 0.3 is 6.09 Å². The zero-order valence-corrected chi connectivity index (χ0v) is 13.6. The van der Waals surface area contributed by atoms with Crippen LogP contribution in [0.2, 0.25) is 0 Å². The van der Waals surface area contributed by atoms with Crippen LogP contribution in [0, 0.1) is 15.9 Å². The largest absolute Gasteiger partial charge is 0.444 e. The first kappa shape index (κ1) is 17.6. The zero-order valence-electron chi connectivity index (χ0n) is 13.6. The number of benzene rings is 1. The molecular formula is C15H18FN3O5. The molecule has 1 aliphatic rings. The van der Waals surface area contributed by atoms with Crippen LogP contribution >= 0.6 is 0 Å². The first-order chi connectivity index (χ1) is 11.1. The van der Waals surface area contributed by atoms with E-state index in [-0.39, 0.29) is 25.3 Å². The van der Waals surface area contributed by atoms with Crippen LogP contribution in [0.3, 0.4) is 0 Å². The van der Waals surface area contributed by atoms with E-state index >= 15 is 0 Å². The highest BCUT2D eigenvalue weighted by molar-refractivity contribution is 5.97. The number of hydrogen-bond acceptors (Lipinski definition) is 5. The van der Waals surface area contributed by atoms with E-state index in [9.17, 15) is 24.1 Å². The van der Waals surface area contributed by atoms with Gasteiger partial charge in [0.15, 0.2) is 5.82 Å². The average molecular weight is 339 g/mol. The van der Waals surface area contributed by atoms with Gasteiger partial charge in [-0.2, -0.15) is 0 Å². The molecule has 0 bridgehead atoms. The van der Waals surface area contributed by atoms with E-state index in [0.29, 0.717) is 0 Å². The van der Waals surface area contributed by atoms with E-state index in [2.05, 4.69) is 0 Å². The van der Waals surface area contributed by atoms with Gasteiger partial charge in [0.25, 0.3) is 5.69 Å². The van der Waals surface area contributed by atoms with Crippen LogP contribution in [-0.4, -0.2) is 47.1 Å². The van der Waals surface area contributed by atoms with Crippen LogP contribution in [0.4, 0.5) is 20.6 Å². The van der Waals surface area contributed by atoms with Crippen molar-refractivity contribution in [1.82, 2.24) is 4.90 Å². The monoisotopic (exact) mass is 339 g/mol. The first-order valence-electron chi connectivity index (χ1n) is 7.31. The molecule has 0 aromatic heterocycles. The van der Waals surface area contributed by atoms with Crippen LogP contribution in [0.15, 0.2) is 18.2 Å². The Kier molecular flexibility index (Phi) is 4.72. The fourth-order valence-electron chi connectivity index (χ4n) is 2.24. The van der Waals surface area contributed by atoms with E-state index in [1.165, 1.54) is 15.9 Å². The number of rotatable bonds is 2. The molecule has 1 aromatic carbocycles. The van der Waals surface area contributed by atoms with Crippen molar-refractivity contribution >= 4 is 23.4 Å². The number of piperazine rings is 1. The number of carbonyl (C=O) groups excluding carboxylic acids is 2. The highest BCUT2D eigenvalue weighted by Gasteiger charge is 2.32. The standard InChI is InChI=1S/C15H18FN3O5/c1-15(2,3)24-14(21)17-6-7-18(13(20)9-17)12-5-4-10(19(22)23)8-11(12)16/h4-5,8H,6-7,9H2,1-3H3. The fraction of sp³-hybridized carbons (Fsp3) is 0.467. The van der Waals surface area contributed by atoms with Gasteiger partial charge in [0.2, 0.25) is 5.91 Å². The summed E-state index contributed by atoms with van der Waals surface area (Å²) in [4.78, 5) is 36.5. The third-order valence-corrected chi connectivity index (χ3v) is 3.31. The highest BCUT2D eigenvalue weighted by Crippen LogP contribution is 2.25. The van der Waals surface area contributed by atoms with Crippen LogP contribution in [0.5, 0.6) is 0 Å². The number of carbonyl (C=O) groups is 2. The van der Waals surface area contributed by atoms with Crippen molar-refractivity contribution in [3.63, 3.8) is 0 Å². The van der Waals surface area contributed by atoms with Crippen LogP contribution in [0.1, 0.15) is 20.8 Å². The Labute approximate surface area is 137 Å². The average Bonchev–Trinajstić information content (AvgIpc) is 2.45. The lowest BCUT2D eigenvalue weighted by Gasteiger charge is -2.35. The molecule has 1 saturated heterocycles. The van der Waals surface area contributed by atoms with Gasteiger partial charge < -0.3 is 9.64 Å². The number of nitro benzene ring substituents is 1. The molecule has 2 rings (SSSR count). The molecule has 1 fully saturated rings. The van der Waals surface area contributed by atoms with Gasteiger partial charge in [0, 0.05) is 19.2 Å². The van der Waals surface area contributed by atoms with Crippen molar-refractivity contribution in [2.75, 3.05) is 24.5 Å². The molecule has 130 valence electrons. The van der Waals surface area contributed by atoms with Crippen molar-refractivity contribution in [2.45, 2.75) is 26.4 Å². The summed E-state index contributed by atoms with van der Waals surface area (Å²) in [5.41, 5.74) is -1.12. The molecule has 1 aliphatic heterocycles. The molecule has 0 spiro atoms. The van der Waals surface area contributed by atoms with Crippen molar-refractivity contribution in [2.24, 2.45) is 0 Å². The summed E-state index contributed by atoms with van der Waals surface area (Å²) in [5, 5.41) is 10.6. The Hall–Kier alpha value is -2.71. The second kappa shape index (κ2) is 6.42. The van der Waals surface area contributed by atoms with Gasteiger partial charge in [-0.25, -0.2) is 9.18 Å². The minimum atomic E-state index is -0.858. The lowest BCUT2D eigenvalue weighted by molar-refractivity contribution is -0.385. The van der Waals surface area contributed by atoms with Crippen molar-refractivity contribution < 1.29 is 23.6 Å². The van der Waals surface area contributed by atoms with Gasteiger partial charge in [0.1, 0.15) is 12.1 Å². The quantitative estimate of drug-likeness (QED) is 0.609. The van der Waals surface area contributed by atoms with Gasteiger partial charge in [-0.1, -0.05) is 0 Å². The lowest BCUT2D eigenvalue weighted by Crippen LogP contribution is -2.53. The normalized spacial score (nSPS) is 15.4. The summed E-state index contributed by atoms with van der Waals surface area (Å²) in [7, 11) is 0. The van der Waals surface area contributed by atoms with Crippen LogP contribution in [0.25, 0.3) is 0 Å². The molecule has 2 amide bonds. The minimum Gasteiger partial charge on any atom is -0.444 e. The summed E-state index contributed by atoms with van der Waals surface area (Å²) in [5.74, 6) is -1.34. The molecular weight excluding hydrogens is 321 g/mol. The van der Waals surface area contributed by atoms with Gasteiger partial charge in [-0.3, -0.25) is 19.8 Å². The van der Waals surface area contributed by atoms with E-state index < -0.39 is 34.0 Å². The molecule has 1 heterocycles. The molecule has 8 nitrogen and oxygen atoms in total. The molecule has 0 saturated carbocycles. The van der Waals surface area contributed by atoms with Gasteiger partial charge in [0.05, 0.1) is 16.7 Å². The number of hydrogen-bond donors (Lipinski definition) is 0. The molecule has 0 aliphatic carbocycles. The number of anilines is 1. The smallest absolute Gasteiger partial charge is 0.410 e. The van der Waals surface area contributed by atoms with E-state index in [0.717, 1.165) is 12.1 Å². The topological polar surface area (TPSA) is 93.0 Å². The number of ether oxygens (including phenoxy) is 1. The SMILES string of the molecule is CC(C)(C)OC(=O)N1CCN(c2ccc([N+](=O)[O-])cc2F)C(=O)C1. The third-order valence-electron chi connectivity index (χ3n) is 3.31. The van der Waals surface area contributed by atoms with Gasteiger partial charge in [-0.15, -0.1) is 0 Å². The maximum absolute atomic E-state index is 14.0. The Balaban J connectivity index is 2.10. The molecule has 0 atom stereocenters.